The van der Waals surface area contributed by atoms with Crippen LogP contribution in [0.15, 0.2) is 23.7 Å². The Morgan fingerprint density at radius 1 is 1.45 bits per heavy atom. The SMILES string of the molecule is COC(=O)c1nc(-c2ccc3scnc3c2)c(F)c(N)c1Cl. The molecule has 0 amide bonds. The fraction of sp³-hybridized carbons (Fsp3) is 0.0714. The summed E-state index contributed by atoms with van der Waals surface area (Å²) < 4.78 is 19.9. The molecule has 3 rings (SSSR count). The number of halogens is 2. The lowest BCUT2D eigenvalue weighted by molar-refractivity contribution is 0.0594. The number of thiazole rings is 1. The first kappa shape index (κ1) is 14.7. The number of benzene rings is 1. The van der Waals surface area contributed by atoms with Crippen LogP contribution in [0.1, 0.15) is 10.5 Å². The van der Waals surface area contributed by atoms with E-state index < -0.39 is 11.8 Å². The largest absolute Gasteiger partial charge is 0.464 e. The van der Waals surface area contributed by atoms with Crippen molar-refractivity contribution in [2.75, 3.05) is 12.8 Å². The summed E-state index contributed by atoms with van der Waals surface area (Å²) in [5.74, 6) is -1.57. The van der Waals surface area contributed by atoms with Crippen LogP contribution in [0.2, 0.25) is 5.02 Å². The second-order valence-corrected chi connectivity index (χ2v) is 5.64. The minimum Gasteiger partial charge on any atom is -0.464 e. The first-order valence-corrected chi connectivity index (χ1v) is 7.35. The number of nitrogens with zero attached hydrogens (tertiary/aromatic N) is 2. The number of nitrogens with two attached hydrogens (primary N) is 1. The van der Waals surface area contributed by atoms with Crippen LogP contribution in [0.25, 0.3) is 21.5 Å². The number of hydrogen-bond acceptors (Lipinski definition) is 6. The number of esters is 1. The molecule has 0 spiro atoms. The minimum atomic E-state index is -0.785. The van der Waals surface area contributed by atoms with E-state index in [1.807, 2.05) is 0 Å². The molecule has 0 bridgehead atoms. The van der Waals surface area contributed by atoms with Crippen molar-refractivity contribution in [1.82, 2.24) is 9.97 Å². The van der Waals surface area contributed by atoms with Crippen LogP contribution < -0.4 is 5.73 Å². The summed E-state index contributed by atoms with van der Waals surface area (Å²) >= 11 is 7.34. The van der Waals surface area contributed by atoms with Crippen molar-refractivity contribution in [1.29, 1.82) is 0 Å². The molecule has 22 heavy (non-hydrogen) atoms. The number of fused-ring (bicyclic) bond motifs is 1. The van der Waals surface area contributed by atoms with E-state index >= 15 is 0 Å². The van der Waals surface area contributed by atoms with Gasteiger partial charge in [0.25, 0.3) is 0 Å². The molecule has 0 saturated heterocycles. The average molecular weight is 338 g/mol. The molecule has 112 valence electrons. The van der Waals surface area contributed by atoms with Gasteiger partial charge in [0.2, 0.25) is 0 Å². The lowest BCUT2D eigenvalue weighted by atomic mass is 10.1. The van der Waals surface area contributed by atoms with Crippen LogP contribution in [0.4, 0.5) is 10.1 Å². The molecule has 0 unspecified atom stereocenters. The average Bonchev–Trinajstić information content (AvgIpc) is 2.99. The number of rotatable bonds is 2. The van der Waals surface area contributed by atoms with Gasteiger partial charge in [0, 0.05) is 5.56 Å². The number of aromatic nitrogens is 2. The molecular weight excluding hydrogens is 329 g/mol. The molecule has 0 aliphatic carbocycles. The topological polar surface area (TPSA) is 78.1 Å². The summed E-state index contributed by atoms with van der Waals surface area (Å²) in [6.45, 7) is 0. The van der Waals surface area contributed by atoms with Crippen LogP contribution in [-0.2, 0) is 4.74 Å². The Morgan fingerprint density at radius 3 is 2.95 bits per heavy atom. The molecule has 2 N–H and O–H groups in total. The Balaban J connectivity index is 2.25. The first-order valence-electron chi connectivity index (χ1n) is 6.09. The van der Waals surface area contributed by atoms with Crippen LogP contribution >= 0.6 is 22.9 Å². The lowest BCUT2D eigenvalue weighted by Crippen LogP contribution is -2.10. The third-order valence-corrected chi connectivity index (χ3v) is 4.29. The van der Waals surface area contributed by atoms with Gasteiger partial charge in [0.05, 0.1) is 33.5 Å². The van der Waals surface area contributed by atoms with Gasteiger partial charge in [-0.05, 0) is 12.1 Å². The Bertz CT molecular complexity index is 897. The van der Waals surface area contributed by atoms with E-state index in [0.29, 0.717) is 11.1 Å². The molecule has 0 saturated carbocycles. The fourth-order valence-electron chi connectivity index (χ4n) is 1.99. The minimum absolute atomic E-state index is 0.0720. The molecule has 5 nitrogen and oxygen atoms in total. The second-order valence-electron chi connectivity index (χ2n) is 4.38. The molecule has 1 aromatic carbocycles. The van der Waals surface area contributed by atoms with Crippen LogP contribution in [0.3, 0.4) is 0 Å². The highest BCUT2D eigenvalue weighted by molar-refractivity contribution is 7.16. The highest BCUT2D eigenvalue weighted by atomic mass is 35.5. The number of nitrogen functional groups attached to an aromatic ring is 1. The maximum atomic E-state index is 14.4. The first-order chi connectivity index (χ1) is 10.5. The van der Waals surface area contributed by atoms with Gasteiger partial charge >= 0.3 is 5.97 Å². The highest BCUT2D eigenvalue weighted by Crippen LogP contribution is 2.33. The van der Waals surface area contributed by atoms with Gasteiger partial charge in [-0.15, -0.1) is 11.3 Å². The normalized spacial score (nSPS) is 10.9. The smallest absolute Gasteiger partial charge is 0.358 e. The Kier molecular flexibility index (Phi) is 3.67. The molecule has 0 aliphatic heterocycles. The van der Waals surface area contributed by atoms with Gasteiger partial charge in [-0.1, -0.05) is 17.7 Å². The number of ether oxygens (including phenoxy) is 1. The summed E-state index contributed by atoms with van der Waals surface area (Å²) in [6.07, 6.45) is 0. The standard InChI is InChI=1S/C14H9ClFN3O2S/c1-21-14(20)13-9(15)11(17)10(16)12(19-13)6-2-3-8-7(4-6)18-5-22-8/h2-5H,1H3,(H2,17,19). The highest BCUT2D eigenvalue weighted by Gasteiger charge is 2.23. The molecule has 0 fully saturated rings. The van der Waals surface area contributed by atoms with Crippen LogP contribution in [-0.4, -0.2) is 23.0 Å². The van der Waals surface area contributed by atoms with E-state index in [4.69, 9.17) is 17.3 Å². The van der Waals surface area contributed by atoms with Gasteiger partial charge in [-0.2, -0.15) is 0 Å². The molecule has 0 atom stereocenters. The van der Waals surface area contributed by atoms with Crippen molar-refractivity contribution in [3.05, 3.63) is 40.2 Å². The summed E-state index contributed by atoms with van der Waals surface area (Å²) in [4.78, 5) is 19.8. The maximum Gasteiger partial charge on any atom is 0.358 e. The van der Waals surface area contributed by atoms with Crippen molar-refractivity contribution in [3.63, 3.8) is 0 Å². The summed E-state index contributed by atoms with van der Waals surface area (Å²) in [6, 6.07) is 5.15. The Labute approximate surface area is 133 Å². The van der Waals surface area contributed by atoms with E-state index in [9.17, 15) is 9.18 Å². The van der Waals surface area contributed by atoms with Gasteiger partial charge < -0.3 is 10.5 Å². The van der Waals surface area contributed by atoms with Gasteiger partial charge in [0.1, 0.15) is 5.69 Å². The molecular formula is C14H9ClFN3O2S. The summed E-state index contributed by atoms with van der Waals surface area (Å²) in [5, 5.41) is -0.261. The van der Waals surface area contributed by atoms with Crippen molar-refractivity contribution in [3.8, 4) is 11.3 Å². The zero-order valence-electron chi connectivity index (χ0n) is 11.3. The zero-order chi connectivity index (χ0) is 15.9. The number of anilines is 1. The van der Waals surface area contributed by atoms with Gasteiger partial charge in [-0.25, -0.2) is 19.2 Å². The van der Waals surface area contributed by atoms with Crippen molar-refractivity contribution in [2.45, 2.75) is 0 Å². The van der Waals surface area contributed by atoms with E-state index in [-0.39, 0.29) is 22.1 Å². The fourth-order valence-corrected chi connectivity index (χ4v) is 2.85. The van der Waals surface area contributed by atoms with Crippen molar-refractivity contribution >= 4 is 44.8 Å². The van der Waals surface area contributed by atoms with E-state index in [0.717, 1.165) is 4.70 Å². The van der Waals surface area contributed by atoms with Crippen LogP contribution in [0.5, 0.6) is 0 Å². The zero-order valence-corrected chi connectivity index (χ0v) is 12.8. The van der Waals surface area contributed by atoms with E-state index in [1.54, 1.807) is 23.7 Å². The van der Waals surface area contributed by atoms with Gasteiger partial charge in [-0.3, -0.25) is 0 Å². The van der Waals surface area contributed by atoms with Crippen molar-refractivity contribution in [2.24, 2.45) is 0 Å². The molecule has 0 aliphatic rings. The number of methoxy groups -OCH3 is 1. The number of hydrogen-bond donors (Lipinski definition) is 1. The van der Waals surface area contributed by atoms with Crippen molar-refractivity contribution < 1.29 is 13.9 Å². The van der Waals surface area contributed by atoms with Crippen LogP contribution in [0, 0.1) is 5.82 Å². The molecule has 3 aromatic rings. The van der Waals surface area contributed by atoms with Gasteiger partial charge in [0.15, 0.2) is 11.5 Å². The quantitative estimate of drug-likeness (QED) is 0.724. The predicted molar refractivity (Wildman–Crippen MR) is 83.6 cm³/mol. The third kappa shape index (κ3) is 2.28. The molecule has 2 aromatic heterocycles. The Hall–Kier alpha value is -2.25. The Morgan fingerprint density at radius 2 is 2.23 bits per heavy atom. The molecule has 0 radical (unpaired) electrons. The van der Waals surface area contributed by atoms with E-state index in [1.165, 1.54) is 18.4 Å². The van der Waals surface area contributed by atoms with E-state index in [2.05, 4.69) is 14.7 Å². The number of pyridine rings is 1. The lowest BCUT2D eigenvalue weighted by Gasteiger charge is -2.10. The monoisotopic (exact) mass is 337 g/mol. The summed E-state index contributed by atoms with van der Waals surface area (Å²) in [7, 11) is 1.18. The third-order valence-electron chi connectivity index (χ3n) is 3.09. The number of carbonyl (C=O) groups excluding carboxylic acids is 1. The molecule has 2 heterocycles. The molecule has 8 heteroatoms. The summed E-state index contributed by atoms with van der Waals surface area (Å²) in [5.41, 5.74) is 7.84. The number of carbonyl (C=O) groups is 1. The predicted octanol–water partition coefficient (Wildman–Crippen LogP) is 3.52. The maximum absolute atomic E-state index is 14.4. The second kappa shape index (κ2) is 5.51.